The molecule has 126 valence electrons. The number of carbonyl (C=O) groups excluding carboxylic acids is 1. The van der Waals surface area contributed by atoms with Crippen LogP contribution in [0.5, 0.6) is 0 Å². The van der Waals surface area contributed by atoms with Crippen LogP contribution in [-0.4, -0.2) is 17.6 Å². The molecule has 2 N–H and O–H groups in total. The number of halogens is 2. The summed E-state index contributed by atoms with van der Waals surface area (Å²) in [6.07, 6.45) is -0.660. The topological polar surface area (TPSA) is 49.3 Å². The molecule has 1 fully saturated rings. The lowest BCUT2D eigenvalue weighted by Crippen LogP contribution is -2.30. The Hall–Kier alpha value is -2.27. The standard InChI is InChI=1S/C19H19F2NO2/c1-11-5-2-3-6-12(11)13-9-14(13)19(24)22-10-17(23)18-15(20)7-4-8-16(18)21/h2-8,13-14,17,23H,9-10H2,1H3,(H,22,24). The van der Waals surface area contributed by atoms with Gasteiger partial charge >= 0.3 is 0 Å². The first-order chi connectivity index (χ1) is 11.5. The Morgan fingerprint density at radius 1 is 1.21 bits per heavy atom. The smallest absolute Gasteiger partial charge is 0.223 e. The summed E-state index contributed by atoms with van der Waals surface area (Å²) >= 11 is 0. The van der Waals surface area contributed by atoms with Crippen LogP contribution in [0.3, 0.4) is 0 Å². The number of nitrogens with one attached hydrogen (secondary N) is 1. The van der Waals surface area contributed by atoms with Gasteiger partial charge in [-0.1, -0.05) is 30.3 Å². The van der Waals surface area contributed by atoms with E-state index < -0.39 is 23.3 Å². The van der Waals surface area contributed by atoms with Gasteiger partial charge < -0.3 is 10.4 Å². The molecule has 0 spiro atoms. The maximum atomic E-state index is 13.6. The first kappa shape index (κ1) is 16.6. The Bertz CT molecular complexity index is 743. The Balaban J connectivity index is 1.58. The molecular formula is C19H19F2NO2. The normalized spacial score (nSPS) is 20.5. The fraction of sp³-hybridized carbons (Fsp3) is 0.316. The Morgan fingerprint density at radius 2 is 1.88 bits per heavy atom. The van der Waals surface area contributed by atoms with Crippen LogP contribution < -0.4 is 5.32 Å². The van der Waals surface area contributed by atoms with Crippen LogP contribution in [0.15, 0.2) is 42.5 Å². The van der Waals surface area contributed by atoms with Crippen molar-refractivity contribution in [3.63, 3.8) is 0 Å². The van der Waals surface area contributed by atoms with Gasteiger partial charge in [0.1, 0.15) is 17.7 Å². The zero-order chi connectivity index (χ0) is 17.3. The molecule has 0 heterocycles. The van der Waals surface area contributed by atoms with Gasteiger partial charge in [-0.3, -0.25) is 4.79 Å². The summed E-state index contributed by atoms with van der Waals surface area (Å²) in [6.45, 7) is 1.79. The van der Waals surface area contributed by atoms with Gasteiger partial charge in [-0.25, -0.2) is 8.78 Å². The third-order valence-electron chi connectivity index (χ3n) is 4.52. The lowest BCUT2D eigenvalue weighted by atomic mass is 10.0. The van der Waals surface area contributed by atoms with E-state index >= 15 is 0 Å². The van der Waals surface area contributed by atoms with Crippen LogP contribution in [0.4, 0.5) is 8.78 Å². The quantitative estimate of drug-likeness (QED) is 0.884. The molecule has 2 aromatic rings. The summed E-state index contributed by atoms with van der Waals surface area (Å²) in [6, 6.07) is 11.3. The fourth-order valence-electron chi connectivity index (χ4n) is 3.09. The highest BCUT2D eigenvalue weighted by Crippen LogP contribution is 2.48. The number of carbonyl (C=O) groups is 1. The van der Waals surface area contributed by atoms with E-state index in [0.717, 1.165) is 29.7 Å². The monoisotopic (exact) mass is 331 g/mol. The second-order valence-corrected chi connectivity index (χ2v) is 6.20. The molecule has 0 aromatic heterocycles. The minimum absolute atomic E-state index is 0.149. The SMILES string of the molecule is Cc1ccccc1C1CC1C(=O)NCC(O)c1c(F)cccc1F. The maximum absolute atomic E-state index is 13.6. The van der Waals surface area contributed by atoms with Crippen molar-refractivity contribution in [3.8, 4) is 0 Å². The zero-order valence-electron chi connectivity index (χ0n) is 13.3. The van der Waals surface area contributed by atoms with Crippen LogP contribution in [0.25, 0.3) is 0 Å². The molecule has 1 aliphatic carbocycles. The van der Waals surface area contributed by atoms with Crippen molar-refractivity contribution in [3.05, 3.63) is 70.8 Å². The highest BCUT2D eigenvalue weighted by atomic mass is 19.1. The summed E-state index contributed by atoms with van der Waals surface area (Å²) < 4.78 is 27.2. The number of aryl methyl sites for hydroxylation is 1. The second kappa shape index (κ2) is 6.69. The molecule has 1 saturated carbocycles. The second-order valence-electron chi connectivity index (χ2n) is 6.20. The van der Waals surface area contributed by atoms with Crippen LogP contribution in [-0.2, 0) is 4.79 Å². The minimum atomic E-state index is -1.41. The van der Waals surface area contributed by atoms with E-state index in [0.29, 0.717) is 0 Å². The first-order valence-electron chi connectivity index (χ1n) is 7.94. The van der Waals surface area contributed by atoms with Gasteiger partial charge in [-0.15, -0.1) is 0 Å². The predicted molar refractivity (Wildman–Crippen MR) is 86.4 cm³/mol. The molecule has 0 bridgehead atoms. The van der Waals surface area contributed by atoms with Crippen molar-refractivity contribution < 1.29 is 18.7 Å². The molecule has 24 heavy (non-hydrogen) atoms. The third kappa shape index (κ3) is 3.31. The molecule has 3 unspecified atom stereocenters. The van der Waals surface area contributed by atoms with Crippen LogP contribution in [0.1, 0.15) is 35.1 Å². The summed E-state index contributed by atoms with van der Waals surface area (Å²) in [7, 11) is 0. The number of hydrogen-bond donors (Lipinski definition) is 2. The van der Waals surface area contributed by atoms with Gasteiger partial charge in [-0.05, 0) is 42.5 Å². The van der Waals surface area contributed by atoms with E-state index in [1.807, 2.05) is 31.2 Å². The molecule has 3 rings (SSSR count). The lowest BCUT2D eigenvalue weighted by Gasteiger charge is -2.14. The Labute approximate surface area is 139 Å². The van der Waals surface area contributed by atoms with E-state index in [-0.39, 0.29) is 24.3 Å². The van der Waals surface area contributed by atoms with Crippen LogP contribution in [0.2, 0.25) is 0 Å². The van der Waals surface area contributed by atoms with Gasteiger partial charge in [0.05, 0.1) is 5.56 Å². The van der Waals surface area contributed by atoms with Crippen molar-refractivity contribution in [2.75, 3.05) is 6.54 Å². The molecule has 3 nitrogen and oxygen atoms in total. The minimum Gasteiger partial charge on any atom is -0.386 e. The van der Waals surface area contributed by atoms with E-state index in [9.17, 15) is 18.7 Å². The lowest BCUT2D eigenvalue weighted by molar-refractivity contribution is -0.122. The number of amides is 1. The van der Waals surface area contributed by atoms with Gasteiger partial charge in [0.2, 0.25) is 5.91 Å². The van der Waals surface area contributed by atoms with E-state index in [4.69, 9.17) is 0 Å². The molecule has 1 aliphatic rings. The van der Waals surface area contributed by atoms with Gasteiger partial charge in [-0.2, -0.15) is 0 Å². The molecular weight excluding hydrogens is 312 g/mol. The summed E-state index contributed by atoms with van der Waals surface area (Å²) in [5.74, 6) is -1.81. The number of rotatable bonds is 5. The molecule has 0 radical (unpaired) electrons. The summed E-state index contributed by atoms with van der Waals surface area (Å²) in [5, 5.41) is 12.6. The predicted octanol–water partition coefficient (Wildman–Crippen LogP) is 3.23. The van der Waals surface area contributed by atoms with E-state index in [2.05, 4.69) is 5.32 Å². The molecule has 5 heteroatoms. The van der Waals surface area contributed by atoms with Crippen LogP contribution >= 0.6 is 0 Å². The number of aliphatic hydroxyl groups is 1. The average molecular weight is 331 g/mol. The Morgan fingerprint density at radius 3 is 2.54 bits per heavy atom. The van der Waals surface area contributed by atoms with Crippen molar-refractivity contribution in [2.45, 2.75) is 25.4 Å². The molecule has 0 aliphatic heterocycles. The summed E-state index contributed by atoms with van der Waals surface area (Å²) in [4.78, 5) is 12.2. The van der Waals surface area contributed by atoms with E-state index in [1.165, 1.54) is 6.07 Å². The summed E-state index contributed by atoms with van der Waals surface area (Å²) in [5.41, 5.74) is 1.88. The Kier molecular flexibility index (Phi) is 4.62. The number of benzene rings is 2. The van der Waals surface area contributed by atoms with Crippen molar-refractivity contribution >= 4 is 5.91 Å². The van der Waals surface area contributed by atoms with Gasteiger partial charge in [0, 0.05) is 12.5 Å². The number of hydrogen-bond acceptors (Lipinski definition) is 2. The highest BCUT2D eigenvalue weighted by molar-refractivity contribution is 5.83. The van der Waals surface area contributed by atoms with Crippen molar-refractivity contribution in [1.29, 1.82) is 0 Å². The molecule has 3 atom stereocenters. The first-order valence-corrected chi connectivity index (χ1v) is 7.94. The van der Waals surface area contributed by atoms with Crippen molar-refractivity contribution in [1.82, 2.24) is 5.32 Å². The number of aliphatic hydroxyl groups excluding tert-OH is 1. The van der Waals surface area contributed by atoms with E-state index in [1.54, 1.807) is 0 Å². The third-order valence-corrected chi connectivity index (χ3v) is 4.52. The highest BCUT2D eigenvalue weighted by Gasteiger charge is 2.44. The zero-order valence-corrected chi connectivity index (χ0v) is 13.3. The molecule has 2 aromatic carbocycles. The largest absolute Gasteiger partial charge is 0.386 e. The van der Waals surface area contributed by atoms with Gasteiger partial charge in [0.15, 0.2) is 0 Å². The molecule has 0 saturated heterocycles. The average Bonchev–Trinajstić information content (AvgIpc) is 3.33. The fourth-order valence-corrected chi connectivity index (χ4v) is 3.09. The maximum Gasteiger partial charge on any atom is 0.223 e. The molecule has 1 amide bonds. The van der Waals surface area contributed by atoms with Gasteiger partial charge in [0.25, 0.3) is 0 Å². The van der Waals surface area contributed by atoms with Crippen molar-refractivity contribution in [2.24, 2.45) is 5.92 Å². The van der Waals surface area contributed by atoms with Crippen LogP contribution in [0, 0.1) is 24.5 Å².